The van der Waals surface area contributed by atoms with E-state index < -0.39 is 41.4 Å². The highest BCUT2D eigenvalue weighted by Gasteiger charge is 2.25. The maximum Gasteiger partial charge on any atom is 0.387 e. The highest BCUT2D eigenvalue weighted by molar-refractivity contribution is 5.94. The van der Waals surface area contributed by atoms with Crippen molar-refractivity contribution in [3.63, 3.8) is 0 Å². The molecule has 0 radical (unpaired) electrons. The molecule has 0 saturated heterocycles. The lowest BCUT2D eigenvalue weighted by Gasteiger charge is -2.11. The van der Waals surface area contributed by atoms with Crippen LogP contribution in [0.25, 0.3) is 0 Å². The van der Waals surface area contributed by atoms with E-state index in [1.165, 1.54) is 6.07 Å². The average Bonchev–Trinajstić information content (AvgIpc) is 2.26. The number of carboxylic acid groups (broad SMARTS) is 1. The topological polar surface area (TPSA) is 70.3 Å². The number of alkyl halides is 4. The molecule has 0 heterocycles. The van der Waals surface area contributed by atoms with E-state index in [-0.39, 0.29) is 0 Å². The van der Waals surface area contributed by atoms with E-state index in [0.29, 0.717) is 12.1 Å². The molecule has 0 amide bonds. The summed E-state index contributed by atoms with van der Waals surface area (Å²) in [4.78, 5) is 10.8. The van der Waals surface area contributed by atoms with Gasteiger partial charge < -0.3 is 9.84 Å². The first-order valence-corrected chi connectivity index (χ1v) is 4.41. The first kappa shape index (κ1) is 13.8. The molecule has 96 valence electrons. The summed E-state index contributed by atoms with van der Waals surface area (Å²) in [5, 5.41) is 17.4. The molecule has 0 aliphatic heterocycles. The summed E-state index contributed by atoms with van der Waals surface area (Å²) < 4.78 is 52.9. The molecule has 1 rings (SSSR count). The van der Waals surface area contributed by atoms with Gasteiger partial charge in [0.15, 0.2) is 0 Å². The van der Waals surface area contributed by atoms with Gasteiger partial charge in [-0.15, -0.1) is 0 Å². The number of nitrogens with zero attached hydrogens (tertiary/aromatic N) is 1. The fourth-order valence-electron chi connectivity index (χ4n) is 1.31. The van der Waals surface area contributed by atoms with E-state index in [0.717, 1.165) is 0 Å². The van der Waals surface area contributed by atoms with Crippen LogP contribution in [0.5, 0.6) is 5.75 Å². The summed E-state index contributed by atoms with van der Waals surface area (Å²) in [5.74, 6) is -2.64. The van der Waals surface area contributed by atoms with Gasteiger partial charge in [0.25, 0.3) is 6.43 Å². The molecule has 0 aliphatic carbocycles. The molecule has 1 aromatic rings. The van der Waals surface area contributed by atoms with Gasteiger partial charge in [-0.25, -0.2) is 13.6 Å². The Balaban J connectivity index is 3.50. The summed E-state index contributed by atoms with van der Waals surface area (Å²) in [6.07, 6.45) is -3.10. The zero-order valence-electron chi connectivity index (χ0n) is 8.53. The first-order valence-electron chi connectivity index (χ1n) is 4.41. The van der Waals surface area contributed by atoms with Crippen LogP contribution in [0.3, 0.4) is 0 Å². The van der Waals surface area contributed by atoms with E-state index in [4.69, 9.17) is 10.4 Å². The van der Waals surface area contributed by atoms with Gasteiger partial charge in [-0.2, -0.15) is 14.0 Å². The van der Waals surface area contributed by atoms with Crippen LogP contribution in [0, 0.1) is 11.3 Å². The van der Waals surface area contributed by atoms with Gasteiger partial charge >= 0.3 is 12.6 Å². The van der Waals surface area contributed by atoms with Crippen molar-refractivity contribution in [2.75, 3.05) is 0 Å². The lowest BCUT2D eigenvalue weighted by atomic mass is 10.0. The van der Waals surface area contributed by atoms with Crippen molar-refractivity contribution in [2.45, 2.75) is 13.0 Å². The molecule has 0 bridgehead atoms. The maximum atomic E-state index is 12.5. The number of ether oxygens (including phenoxy) is 1. The largest absolute Gasteiger partial charge is 0.478 e. The Morgan fingerprint density at radius 2 is 1.94 bits per heavy atom. The van der Waals surface area contributed by atoms with Crippen molar-refractivity contribution in [3.8, 4) is 11.8 Å². The quantitative estimate of drug-likeness (QED) is 0.848. The lowest BCUT2D eigenvalue weighted by molar-refractivity contribution is -0.0503. The molecule has 0 aliphatic rings. The number of halogens is 4. The van der Waals surface area contributed by atoms with Gasteiger partial charge in [0.05, 0.1) is 5.56 Å². The number of aromatic carboxylic acids is 1. The van der Waals surface area contributed by atoms with Crippen LogP contribution in [0.1, 0.15) is 27.9 Å². The normalized spacial score (nSPS) is 10.5. The zero-order chi connectivity index (χ0) is 13.9. The second kappa shape index (κ2) is 5.35. The van der Waals surface area contributed by atoms with Crippen molar-refractivity contribution in [3.05, 3.63) is 28.8 Å². The Hall–Kier alpha value is -2.30. The van der Waals surface area contributed by atoms with Crippen molar-refractivity contribution in [1.82, 2.24) is 0 Å². The molecular weight excluding hydrogens is 258 g/mol. The SMILES string of the molecule is N#Cc1c(C(F)F)ccc(OC(F)F)c1C(=O)O. The summed E-state index contributed by atoms with van der Waals surface area (Å²) in [6, 6.07) is 2.59. The second-order valence-electron chi connectivity index (χ2n) is 3.00. The van der Waals surface area contributed by atoms with Gasteiger partial charge in [-0.3, -0.25) is 0 Å². The van der Waals surface area contributed by atoms with E-state index in [1.807, 2.05) is 0 Å². The standard InChI is InChI=1S/C10H5F4NO3/c11-8(12)4-1-2-6(18-10(13)14)7(9(16)17)5(4)3-15/h1-2,8,10H,(H,16,17). The van der Waals surface area contributed by atoms with Crippen LogP contribution in [0.2, 0.25) is 0 Å². The molecule has 1 aromatic carbocycles. The van der Waals surface area contributed by atoms with Gasteiger partial charge in [0.2, 0.25) is 0 Å². The second-order valence-corrected chi connectivity index (χ2v) is 3.00. The minimum absolute atomic E-state index is 0.665. The molecule has 0 unspecified atom stereocenters. The Bertz CT molecular complexity index is 511. The maximum absolute atomic E-state index is 12.5. The van der Waals surface area contributed by atoms with Crippen LogP contribution < -0.4 is 4.74 Å². The van der Waals surface area contributed by atoms with Crippen LogP contribution in [0.4, 0.5) is 17.6 Å². The highest BCUT2D eigenvalue weighted by atomic mass is 19.3. The van der Waals surface area contributed by atoms with E-state index in [2.05, 4.69) is 4.74 Å². The summed E-state index contributed by atoms with van der Waals surface area (Å²) in [6.45, 7) is -3.33. The monoisotopic (exact) mass is 263 g/mol. The van der Waals surface area contributed by atoms with Crippen molar-refractivity contribution in [1.29, 1.82) is 5.26 Å². The number of benzene rings is 1. The summed E-state index contributed by atoms with van der Waals surface area (Å²) in [7, 11) is 0. The molecule has 1 N–H and O–H groups in total. The van der Waals surface area contributed by atoms with Crippen LogP contribution in [-0.2, 0) is 0 Å². The molecule has 0 fully saturated rings. The number of nitriles is 1. The van der Waals surface area contributed by atoms with Gasteiger partial charge in [0.1, 0.15) is 17.4 Å². The summed E-state index contributed by atoms with van der Waals surface area (Å²) >= 11 is 0. The molecule has 0 spiro atoms. The molecule has 18 heavy (non-hydrogen) atoms. The number of hydrogen-bond donors (Lipinski definition) is 1. The Kier molecular flexibility index (Phi) is 4.09. The fraction of sp³-hybridized carbons (Fsp3) is 0.200. The number of hydrogen-bond acceptors (Lipinski definition) is 3. The average molecular weight is 263 g/mol. The van der Waals surface area contributed by atoms with Crippen molar-refractivity contribution < 1.29 is 32.2 Å². The molecule has 0 aromatic heterocycles. The summed E-state index contributed by atoms with van der Waals surface area (Å²) in [5.41, 5.74) is -2.75. The first-order chi connectivity index (χ1) is 8.38. The van der Waals surface area contributed by atoms with Crippen LogP contribution in [-0.4, -0.2) is 17.7 Å². The van der Waals surface area contributed by atoms with Crippen molar-refractivity contribution in [2.24, 2.45) is 0 Å². The minimum atomic E-state index is -3.33. The zero-order valence-corrected chi connectivity index (χ0v) is 8.53. The predicted molar refractivity (Wildman–Crippen MR) is 49.7 cm³/mol. The Morgan fingerprint density at radius 1 is 1.33 bits per heavy atom. The lowest BCUT2D eigenvalue weighted by Crippen LogP contribution is -2.11. The Morgan fingerprint density at radius 3 is 2.33 bits per heavy atom. The van der Waals surface area contributed by atoms with E-state index >= 15 is 0 Å². The molecule has 0 atom stereocenters. The smallest absolute Gasteiger partial charge is 0.387 e. The molecule has 0 saturated carbocycles. The van der Waals surface area contributed by atoms with Crippen molar-refractivity contribution >= 4 is 5.97 Å². The third kappa shape index (κ3) is 2.68. The Labute approximate surface area is 98.0 Å². The van der Waals surface area contributed by atoms with E-state index in [9.17, 15) is 22.4 Å². The van der Waals surface area contributed by atoms with Crippen LogP contribution in [0.15, 0.2) is 12.1 Å². The van der Waals surface area contributed by atoms with Gasteiger partial charge in [-0.05, 0) is 12.1 Å². The third-order valence-electron chi connectivity index (χ3n) is 1.98. The third-order valence-corrected chi connectivity index (χ3v) is 1.98. The number of carboxylic acids is 1. The van der Waals surface area contributed by atoms with Gasteiger partial charge in [0, 0.05) is 5.56 Å². The number of carbonyl (C=O) groups is 1. The molecule has 4 nitrogen and oxygen atoms in total. The van der Waals surface area contributed by atoms with Gasteiger partial charge in [-0.1, -0.05) is 0 Å². The molecular formula is C10H5F4NO3. The fourth-order valence-corrected chi connectivity index (χ4v) is 1.31. The number of rotatable bonds is 4. The molecule has 8 heteroatoms. The predicted octanol–water partition coefficient (Wildman–Crippen LogP) is 2.80. The highest BCUT2D eigenvalue weighted by Crippen LogP contribution is 2.31. The van der Waals surface area contributed by atoms with E-state index in [1.54, 1.807) is 0 Å². The van der Waals surface area contributed by atoms with Crippen LogP contribution >= 0.6 is 0 Å². The minimum Gasteiger partial charge on any atom is -0.478 e.